The van der Waals surface area contributed by atoms with Crippen LogP contribution >= 0.6 is 11.6 Å². The summed E-state index contributed by atoms with van der Waals surface area (Å²) in [5.74, 6) is -1.11. The van der Waals surface area contributed by atoms with Crippen molar-refractivity contribution in [3.05, 3.63) is 28.8 Å². The minimum Gasteiger partial charge on any atom is -0.463 e. The smallest absolute Gasteiger partial charge is 0.330 e. The number of aromatic amines is 1. The summed E-state index contributed by atoms with van der Waals surface area (Å²) in [4.78, 5) is 44.5. The van der Waals surface area contributed by atoms with Crippen LogP contribution in [-0.4, -0.2) is 71.6 Å². The molecule has 0 radical (unpaired) electrons. The van der Waals surface area contributed by atoms with Crippen molar-refractivity contribution in [2.45, 2.75) is 38.8 Å². The summed E-state index contributed by atoms with van der Waals surface area (Å²) in [5, 5.41) is 3.16. The number of aryl methyl sites for hydroxylation is 1. The fourth-order valence-electron chi connectivity index (χ4n) is 2.92. The zero-order chi connectivity index (χ0) is 20.7. The number of likely N-dealkylation sites (tertiary alicyclic amines) is 1. The van der Waals surface area contributed by atoms with E-state index in [2.05, 4.69) is 15.3 Å². The topological polar surface area (TPSA) is 114 Å². The van der Waals surface area contributed by atoms with Crippen LogP contribution in [0.2, 0.25) is 5.15 Å². The number of hydrogen-bond donors (Lipinski definition) is 2. The highest BCUT2D eigenvalue weighted by atomic mass is 35.5. The van der Waals surface area contributed by atoms with Crippen LogP contribution in [0.4, 0.5) is 0 Å². The van der Waals surface area contributed by atoms with E-state index < -0.39 is 12.1 Å². The molecule has 0 bridgehead atoms. The highest BCUT2D eigenvalue weighted by Crippen LogP contribution is 2.17. The van der Waals surface area contributed by atoms with E-state index in [-0.39, 0.29) is 42.0 Å². The molecular weight excluding hydrogens is 388 g/mol. The number of rotatable bonds is 7. The Morgan fingerprint density at radius 1 is 1.36 bits per heavy atom. The minimum atomic E-state index is -0.565. The number of nitrogens with zero attached hydrogens (tertiary/aromatic N) is 2. The Kier molecular flexibility index (Phi) is 8.01. The number of nitrogens with one attached hydrogen (secondary N) is 2. The number of ether oxygens (including phenoxy) is 2. The van der Waals surface area contributed by atoms with Gasteiger partial charge >= 0.3 is 5.97 Å². The summed E-state index contributed by atoms with van der Waals surface area (Å²) in [6, 6.07) is -0.287. The molecule has 1 aliphatic rings. The van der Waals surface area contributed by atoms with Crippen LogP contribution in [0.25, 0.3) is 0 Å². The molecule has 0 aliphatic carbocycles. The van der Waals surface area contributed by atoms with Gasteiger partial charge < -0.3 is 24.7 Å². The molecule has 0 saturated carbocycles. The molecule has 0 spiro atoms. The Morgan fingerprint density at radius 3 is 2.71 bits per heavy atom. The van der Waals surface area contributed by atoms with E-state index in [1.54, 1.807) is 11.8 Å². The van der Waals surface area contributed by atoms with Crippen molar-refractivity contribution in [1.29, 1.82) is 0 Å². The van der Waals surface area contributed by atoms with Gasteiger partial charge in [0.15, 0.2) is 11.0 Å². The molecule has 1 aliphatic heterocycles. The third kappa shape index (κ3) is 5.56. The third-order valence-corrected chi connectivity index (χ3v) is 4.75. The predicted octanol–water partition coefficient (Wildman–Crippen LogP) is 1.09. The zero-order valence-corrected chi connectivity index (χ0v) is 16.9. The van der Waals surface area contributed by atoms with Gasteiger partial charge in [-0.05, 0) is 19.8 Å². The summed E-state index contributed by atoms with van der Waals surface area (Å²) < 4.78 is 10.2. The Hall–Kier alpha value is -2.39. The molecule has 9 nitrogen and oxygen atoms in total. The average molecular weight is 413 g/mol. The molecule has 1 fully saturated rings. The number of methoxy groups -OCH3 is 1. The molecule has 0 aromatic carbocycles. The number of aromatic nitrogens is 2. The number of H-pyrrole nitrogens is 1. The number of imidazole rings is 1. The Bertz CT molecular complexity index is 748. The Morgan fingerprint density at radius 2 is 2.11 bits per heavy atom. The summed E-state index contributed by atoms with van der Waals surface area (Å²) in [6.07, 6.45) is 3.03. The van der Waals surface area contributed by atoms with E-state index >= 15 is 0 Å². The molecule has 1 aromatic heterocycles. The second-order valence-corrected chi connectivity index (χ2v) is 6.58. The van der Waals surface area contributed by atoms with Gasteiger partial charge in [-0.25, -0.2) is 9.78 Å². The second kappa shape index (κ2) is 10.2. The van der Waals surface area contributed by atoms with Crippen molar-refractivity contribution in [2.24, 2.45) is 0 Å². The van der Waals surface area contributed by atoms with E-state index in [4.69, 9.17) is 21.1 Å². The molecule has 154 valence electrons. The van der Waals surface area contributed by atoms with Gasteiger partial charge in [-0.1, -0.05) is 18.5 Å². The number of amides is 2. The van der Waals surface area contributed by atoms with Crippen LogP contribution in [0.3, 0.4) is 0 Å². The molecule has 2 rings (SSSR count). The summed E-state index contributed by atoms with van der Waals surface area (Å²) in [7, 11) is 1.52. The maximum atomic E-state index is 12.4. The summed E-state index contributed by atoms with van der Waals surface area (Å²) in [5.41, 5.74) is 0.698. The highest BCUT2D eigenvalue weighted by Gasteiger charge is 2.32. The molecule has 1 saturated heterocycles. The maximum absolute atomic E-state index is 12.4. The lowest BCUT2D eigenvalue weighted by Crippen LogP contribution is -2.55. The molecule has 1 aromatic rings. The zero-order valence-electron chi connectivity index (χ0n) is 16.2. The van der Waals surface area contributed by atoms with E-state index in [1.807, 2.05) is 6.92 Å². The number of carbonyl (C=O) groups excluding carboxylic acids is 3. The molecule has 2 heterocycles. The fraction of sp³-hybridized carbons (Fsp3) is 0.556. The first kappa shape index (κ1) is 21.9. The number of esters is 1. The molecule has 28 heavy (non-hydrogen) atoms. The van der Waals surface area contributed by atoms with Crippen molar-refractivity contribution in [3.63, 3.8) is 0 Å². The highest BCUT2D eigenvalue weighted by molar-refractivity contribution is 6.30. The van der Waals surface area contributed by atoms with Crippen LogP contribution in [0.1, 0.15) is 36.6 Å². The summed E-state index contributed by atoms with van der Waals surface area (Å²) >= 11 is 5.98. The number of piperidine rings is 1. The van der Waals surface area contributed by atoms with Crippen LogP contribution < -0.4 is 5.32 Å². The van der Waals surface area contributed by atoms with Gasteiger partial charge in [0.1, 0.15) is 0 Å². The average Bonchev–Trinajstić information content (AvgIpc) is 3.07. The van der Waals surface area contributed by atoms with Crippen LogP contribution in [-0.2, 0) is 25.5 Å². The monoisotopic (exact) mass is 412 g/mol. The van der Waals surface area contributed by atoms with E-state index in [0.29, 0.717) is 25.1 Å². The molecule has 2 atom stereocenters. The van der Waals surface area contributed by atoms with E-state index in [0.717, 1.165) is 6.08 Å². The largest absolute Gasteiger partial charge is 0.463 e. The summed E-state index contributed by atoms with van der Waals surface area (Å²) in [6.45, 7) is 4.54. The van der Waals surface area contributed by atoms with E-state index in [9.17, 15) is 14.4 Å². The molecule has 0 unspecified atom stereocenters. The van der Waals surface area contributed by atoms with Crippen LogP contribution in [0.5, 0.6) is 0 Å². The second-order valence-electron chi connectivity index (χ2n) is 6.22. The predicted molar refractivity (Wildman–Crippen MR) is 102 cm³/mol. The van der Waals surface area contributed by atoms with Gasteiger partial charge in [0.25, 0.3) is 5.91 Å². The lowest BCUT2D eigenvalue weighted by Gasteiger charge is -2.37. The Labute approximate surface area is 168 Å². The molecular formula is C18H25ClN4O5. The quantitative estimate of drug-likeness (QED) is 0.512. The van der Waals surface area contributed by atoms with Gasteiger partial charge in [-0.3, -0.25) is 9.59 Å². The van der Waals surface area contributed by atoms with Crippen molar-refractivity contribution in [1.82, 2.24) is 20.2 Å². The van der Waals surface area contributed by atoms with E-state index in [1.165, 1.54) is 13.2 Å². The van der Waals surface area contributed by atoms with Gasteiger partial charge in [0.05, 0.1) is 24.4 Å². The van der Waals surface area contributed by atoms with Crippen LogP contribution in [0, 0.1) is 0 Å². The first-order valence-electron chi connectivity index (χ1n) is 9.11. The number of carbonyl (C=O) groups is 3. The normalized spacial score (nSPS) is 19.6. The van der Waals surface area contributed by atoms with Crippen LogP contribution in [0.15, 0.2) is 12.2 Å². The third-order valence-electron chi connectivity index (χ3n) is 4.44. The minimum absolute atomic E-state index is 0.146. The van der Waals surface area contributed by atoms with Gasteiger partial charge in [-0.15, -0.1) is 0 Å². The van der Waals surface area contributed by atoms with Gasteiger partial charge in [0, 0.05) is 32.4 Å². The van der Waals surface area contributed by atoms with Crippen molar-refractivity contribution >= 4 is 29.4 Å². The molecule has 10 heteroatoms. The van der Waals surface area contributed by atoms with Gasteiger partial charge in [-0.2, -0.15) is 0 Å². The first-order valence-corrected chi connectivity index (χ1v) is 9.49. The maximum Gasteiger partial charge on any atom is 0.330 e. The first-order chi connectivity index (χ1) is 13.4. The number of halogens is 1. The lowest BCUT2D eigenvalue weighted by molar-refractivity contribution is -0.138. The molecule has 2 amide bonds. The van der Waals surface area contributed by atoms with Crippen molar-refractivity contribution in [3.8, 4) is 0 Å². The SMILES string of the molecule is CCOC(=O)C=CC(=O)N1CC[C@@H](NC(=O)c2nc(Cl)c(CC)[nH]2)[C@@H](OC)C1. The molecule has 2 N–H and O–H groups in total. The number of hydrogen-bond acceptors (Lipinski definition) is 6. The van der Waals surface area contributed by atoms with Gasteiger partial charge in [0.2, 0.25) is 5.91 Å². The van der Waals surface area contributed by atoms with Crippen molar-refractivity contribution in [2.75, 3.05) is 26.8 Å². The Balaban J connectivity index is 1.95. The lowest BCUT2D eigenvalue weighted by atomic mass is 10.0. The fourth-order valence-corrected chi connectivity index (χ4v) is 3.19. The standard InChI is InChI=1S/C18H25ClN4O5/c1-4-11-16(19)22-17(20-11)18(26)21-12-8-9-23(10-13(12)27-3)14(24)6-7-15(25)28-5-2/h6-7,12-13H,4-5,8-10H2,1-3H3,(H,20,22)(H,21,26)/t12-,13+/m1/s1. The van der Waals surface area contributed by atoms with Crippen molar-refractivity contribution < 1.29 is 23.9 Å².